The number of piperidine rings is 1. The van der Waals surface area contributed by atoms with E-state index in [1.165, 1.54) is 7.11 Å². The second-order valence-corrected chi connectivity index (χ2v) is 9.12. The van der Waals surface area contributed by atoms with Crippen LogP contribution >= 0.6 is 0 Å². The summed E-state index contributed by atoms with van der Waals surface area (Å²) in [4.78, 5) is 17.9. The maximum atomic E-state index is 13.4. The van der Waals surface area contributed by atoms with E-state index in [2.05, 4.69) is 4.98 Å². The van der Waals surface area contributed by atoms with Crippen molar-refractivity contribution in [2.45, 2.75) is 38.3 Å². The van der Waals surface area contributed by atoms with Crippen LogP contribution in [-0.2, 0) is 4.74 Å². The van der Waals surface area contributed by atoms with Gasteiger partial charge in [-0.05, 0) is 68.5 Å². The number of alkyl halides is 3. The largest absolute Gasteiger partial charge is 0.477 e. The third-order valence-electron chi connectivity index (χ3n) is 6.99. The Morgan fingerprint density at radius 2 is 1.76 bits per heavy atom. The highest BCUT2D eigenvalue weighted by Gasteiger charge is 2.58. The van der Waals surface area contributed by atoms with Crippen LogP contribution in [0.3, 0.4) is 0 Å². The van der Waals surface area contributed by atoms with Crippen molar-refractivity contribution in [3.8, 4) is 17.0 Å². The number of hydrogen-bond acceptors (Lipinski definition) is 5. The third kappa shape index (κ3) is 5.32. The number of carbonyl (C=O) groups excluding carboxylic acids is 1. The van der Waals surface area contributed by atoms with E-state index in [0.29, 0.717) is 43.5 Å². The molecule has 2 fully saturated rings. The lowest BCUT2D eigenvalue weighted by atomic mass is 9.67. The van der Waals surface area contributed by atoms with E-state index in [4.69, 9.17) is 9.47 Å². The molecule has 2 heterocycles. The van der Waals surface area contributed by atoms with Crippen molar-refractivity contribution in [1.29, 1.82) is 0 Å². The van der Waals surface area contributed by atoms with Gasteiger partial charge >= 0.3 is 12.1 Å². The zero-order valence-corrected chi connectivity index (χ0v) is 18.7. The van der Waals surface area contributed by atoms with E-state index in [9.17, 15) is 18.0 Å². The number of ether oxygens (including phenoxy) is 2. The molecule has 1 aromatic carbocycles. The second kappa shape index (κ2) is 9.71. The van der Waals surface area contributed by atoms with Gasteiger partial charge in [0.05, 0.1) is 24.7 Å². The smallest absolute Gasteiger partial charge is 0.395 e. The normalized spacial score (nSPS) is 19.0. The number of carbonyl (C=O) groups is 1. The lowest BCUT2D eigenvalue weighted by Gasteiger charge is -2.47. The van der Waals surface area contributed by atoms with Crippen molar-refractivity contribution in [3.63, 3.8) is 0 Å². The number of pyridine rings is 1. The fraction of sp³-hybridized carbons (Fsp3) is 0.520. The van der Waals surface area contributed by atoms with Crippen LogP contribution in [-0.4, -0.2) is 55.4 Å². The summed E-state index contributed by atoms with van der Waals surface area (Å²) < 4.78 is 50.8. The fourth-order valence-electron chi connectivity index (χ4n) is 4.63. The van der Waals surface area contributed by atoms with Gasteiger partial charge in [-0.2, -0.15) is 13.2 Å². The summed E-state index contributed by atoms with van der Waals surface area (Å²) in [7, 11) is 1.35. The molecule has 1 aliphatic heterocycles. The summed E-state index contributed by atoms with van der Waals surface area (Å²) in [5, 5.41) is 0. The molecule has 1 saturated carbocycles. The minimum atomic E-state index is -4.10. The fourth-order valence-corrected chi connectivity index (χ4v) is 4.63. The molecule has 1 aromatic heterocycles. The summed E-state index contributed by atoms with van der Waals surface area (Å²) in [6.45, 7) is 2.01. The number of likely N-dealkylation sites (tertiary alicyclic amines) is 1. The lowest BCUT2D eigenvalue weighted by Crippen LogP contribution is -2.53. The summed E-state index contributed by atoms with van der Waals surface area (Å²) in [6.07, 6.45) is 0.478. The number of esters is 1. The molecule has 0 atom stereocenters. The Labute approximate surface area is 191 Å². The molecule has 0 unspecified atom stereocenters. The van der Waals surface area contributed by atoms with Gasteiger partial charge in [0.2, 0.25) is 5.88 Å². The Kier molecular flexibility index (Phi) is 6.93. The van der Waals surface area contributed by atoms with E-state index in [0.717, 1.165) is 24.0 Å². The van der Waals surface area contributed by atoms with Crippen LogP contribution in [0.2, 0.25) is 0 Å². The van der Waals surface area contributed by atoms with Crippen LogP contribution < -0.4 is 4.74 Å². The number of methoxy groups -OCH3 is 1. The molecule has 0 spiro atoms. The van der Waals surface area contributed by atoms with E-state index < -0.39 is 11.6 Å². The van der Waals surface area contributed by atoms with Crippen LogP contribution in [0, 0.1) is 11.3 Å². The van der Waals surface area contributed by atoms with Crippen LogP contribution in [0.1, 0.15) is 42.5 Å². The first-order valence-electron chi connectivity index (χ1n) is 11.4. The van der Waals surface area contributed by atoms with Crippen molar-refractivity contribution in [2.24, 2.45) is 11.3 Å². The Morgan fingerprint density at radius 1 is 1.09 bits per heavy atom. The van der Waals surface area contributed by atoms with Crippen LogP contribution in [0.5, 0.6) is 5.88 Å². The Hall–Kier alpha value is -2.61. The molecule has 0 radical (unpaired) electrons. The monoisotopic (exact) mass is 462 g/mol. The minimum absolute atomic E-state index is 0.133. The van der Waals surface area contributed by atoms with Gasteiger partial charge in [-0.15, -0.1) is 0 Å². The molecule has 1 saturated heterocycles. The predicted molar refractivity (Wildman–Crippen MR) is 118 cm³/mol. The Balaban J connectivity index is 1.24. The highest BCUT2D eigenvalue weighted by molar-refractivity contribution is 5.89. The summed E-state index contributed by atoms with van der Waals surface area (Å²) in [5.74, 6) is 0.465. The molecule has 1 aliphatic carbocycles. The minimum Gasteiger partial charge on any atom is -0.477 e. The number of hydrogen-bond donors (Lipinski definition) is 0. The van der Waals surface area contributed by atoms with Crippen molar-refractivity contribution < 1.29 is 27.4 Å². The van der Waals surface area contributed by atoms with Gasteiger partial charge in [0, 0.05) is 24.4 Å². The molecule has 33 heavy (non-hydrogen) atoms. The van der Waals surface area contributed by atoms with E-state index in [1.54, 1.807) is 18.3 Å². The van der Waals surface area contributed by atoms with Crippen LogP contribution in [0.25, 0.3) is 11.1 Å². The van der Waals surface area contributed by atoms with Gasteiger partial charge in [0.25, 0.3) is 0 Å². The first kappa shape index (κ1) is 23.5. The number of aromatic nitrogens is 1. The quantitative estimate of drug-likeness (QED) is 0.519. The van der Waals surface area contributed by atoms with Gasteiger partial charge < -0.3 is 14.4 Å². The molecule has 5 nitrogen and oxygen atoms in total. The van der Waals surface area contributed by atoms with Crippen molar-refractivity contribution >= 4 is 5.97 Å². The SMILES string of the molecule is COC(=O)c1ccc(-c2ccc(OCC3CCN(CC4(C(F)(F)F)CCC4)CC3)nc2)cc1. The summed E-state index contributed by atoms with van der Waals surface area (Å²) >= 11 is 0. The first-order chi connectivity index (χ1) is 15.8. The molecule has 4 rings (SSSR count). The standard InChI is InChI=1S/C25H29F3N2O3/c1-32-23(31)20-5-3-19(4-6-20)21-7-8-22(29-15-21)33-16-18-9-13-30(14-10-18)17-24(11-2-12-24)25(26,27)28/h3-8,15,18H,2,9-14,16-17H2,1H3. The number of halogens is 3. The maximum Gasteiger partial charge on any atom is 0.395 e. The summed E-state index contributed by atoms with van der Waals surface area (Å²) in [5.41, 5.74) is 0.835. The molecule has 2 aliphatic rings. The van der Waals surface area contributed by atoms with E-state index in [-0.39, 0.29) is 25.4 Å². The topological polar surface area (TPSA) is 51.7 Å². The highest BCUT2D eigenvalue weighted by atomic mass is 19.4. The van der Waals surface area contributed by atoms with E-state index >= 15 is 0 Å². The average Bonchev–Trinajstić information content (AvgIpc) is 2.80. The Morgan fingerprint density at radius 3 is 2.27 bits per heavy atom. The van der Waals surface area contributed by atoms with Crippen molar-refractivity contribution in [2.75, 3.05) is 33.4 Å². The molecule has 2 aromatic rings. The van der Waals surface area contributed by atoms with Gasteiger partial charge in [0.15, 0.2) is 0 Å². The van der Waals surface area contributed by atoms with Gasteiger partial charge in [0.1, 0.15) is 0 Å². The highest BCUT2D eigenvalue weighted by Crippen LogP contribution is 2.53. The molecule has 0 bridgehead atoms. The van der Waals surface area contributed by atoms with E-state index in [1.807, 2.05) is 29.2 Å². The molecule has 0 N–H and O–H groups in total. The Bertz CT molecular complexity index is 933. The van der Waals surface area contributed by atoms with Crippen molar-refractivity contribution in [3.05, 3.63) is 48.2 Å². The molecular weight excluding hydrogens is 433 g/mol. The number of benzene rings is 1. The zero-order chi connectivity index (χ0) is 23.5. The third-order valence-corrected chi connectivity index (χ3v) is 6.99. The summed E-state index contributed by atoms with van der Waals surface area (Å²) in [6, 6.07) is 10.8. The van der Waals surface area contributed by atoms with Crippen molar-refractivity contribution in [1.82, 2.24) is 9.88 Å². The second-order valence-electron chi connectivity index (χ2n) is 9.12. The van der Waals surface area contributed by atoms with Gasteiger partial charge in [-0.3, -0.25) is 0 Å². The zero-order valence-electron chi connectivity index (χ0n) is 18.7. The first-order valence-corrected chi connectivity index (χ1v) is 11.4. The molecular formula is C25H29F3N2O3. The van der Waals surface area contributed by atoms with Crippen LogP contribution in [0.15, 0.2) is 42.6 Å². The molecule has 8 heteroatoms. The molecule has 0 amide bonds. The van der Waals surface area contributed by atoms with Crippen LogP contribution in [0.4, 0.5) is 13.2 Å². The lowest BCUT2D eigenvalue weighted by molar-refractivity contribution is -0.256. The predicted octanol–water partition coefficient (Wildman–Crippen LogP) is 5.36. The molecule has 178 valence electrons. The maximum absolute atomic E-state index is 13.4. The number of nitrogens with zero attached hydrogens (tertiary/aromatic N) is 2. The van der Waals surface area contributed by atoms with Gasteiger partial charge in [-0.1, -0.05) is 18.6 Å². The number of rotatable bonds is 7. The average molecular weight is 463 g/mol. The van der Waals surface area contributed by atoms with Gasteiger partial charge in [-0.25, -0.2) is 9.78 Å².